The smallest absolute Gasteiger partial charge is 0.261 e. The molecule has 1 aliphatic rings. The van der Waals surface area contributed by atoms with Gasteiger partial charge in [-0.2, -0.15) is 0 Å². The summed E-state index contributed by atoms with van der Waals surface area (Å²) in [4.78, 5) is 17.3. The third-order valence-corrected chi connectivity index (χ3v) is 4.79. The monoisotopic (exact) mass is 304 g/mol. The van der Waals surface area contributed by atoms with Crippen LogP contribution in [0.2, 0.25) is 0 Å². The van der Waals surface area contributed by atoms with Gasteiger partial charge < -0.3 is 0 Å². The molecule has 1 aromatic heterocycles. The van der Waals surface area contributed by atoms with Crippen LogP contribution < -0.4 is 5.56 Å². The Morgan fingerprint density at radius 3 is 2.90 bits per heavy atom. The number of para-hydroxylation sites is 1. The zero-order valence-electron chi connectivity index (χ0n) is 12.4. The van der Waals surface area contributed by atoms with E-state index in [0.29, 0.717) is 17.1 Å². The van der Waals surface area contributed by atoms with Crippen LogP contribution in [0.15, 0.2) is 29.1 Å². The molecule has 0 amide bonds. The summed E-state index contributed by atoms with van der Waals surface area (Å²) >= 11 is 6.03. The molecule has 21 heavy (non-hydrogen) atoms. The van der Waals surface area contributed by atoms with Gasteiger partial charge in [0.1, 0.15) is 5.82 Å². The number of halogens is 1. The van der Waals surface area contributed by atoms with E-state index in [9.17, 15) is 4.79 Å². The number of hydrogen-bond acceptors (Lipinski definition) is 2. The molecule has 3 rings (SSSR count). The Kier molecular flexibility index (Phi) is 4.29. The highest BCUT2D eigenvalue weighted by molar-refractivity contribution is 6.16. The summed E-state index contributed by atoms with van der Waals surface area (Å²) in [7, 11) is 0. The highest BCUT2D eigenvalue weighted by Gasteiger charge is 2.21. The second-order valence-electron chi connectivity index (χ2n) is 6.23. The Hall–Kier alpha value is -1.35. The van der Waals surface area contributed by atoms with Crippen molar-refractivity contribution >= 4 is 22.5 Å². The standard InChI is InChI=1S/C17H21ClN2O/c1-12-5-4-6-13(9-12)11-20-16(10-18)19-15-8-3-2-7-14(15)17(20)21/h2-3,7-8,12-13H,4-6,9-11H2,1H3. The Morgan fingerprint density at radius 2 is 2.14 bits per heavy atom. The molecule has 0 bridgehead atoms. The Balaban J connectivity index is 2.00. The maximum atomic E-state index is 12.7. The van der Waals surface area contributed by atoms with Crippen molar-refractivity contribution in [3.63, 3.8) is 0 Å². The largest absolute Gasteiger partial charge is 0.295 e. The molecule has 2 unspecified atom stereocenters. The molecule has 1 aromatic carbocycles. The number of alkyl halides is 1. The number of hydrogen-bond donors (Lipinski definition) is 0. The third-order valence-electron chi connectivity index (χ3n) is 4.55. The molecule has 0 radical (unpaired) electrons. The zero-order chi connectivity index (χ0) is 14.8. The summed E-state index contributed by atoms with van der Waals surface area (Å²) in [5.74, 6) is 2.30. The van der Waals surface area contributed by atoms with Crippen LogP contribution in [0.25, 0.3) is 10.9 Å². The average Bonchev–Trinajstić information content (AvgIpc) is 2.50. The van der Waals surface area contributed by atoms with Gasteiger partial charge in [-0.05, 0) is 36.8 Å². The normalized spacial score (nSPS) is 22.6. The molecule has 1 aliphatic carbocycles. The molecule has 0 N–H and O–H groups in total. The van der Waals surface area contributed by atoms with Crippen LogP contribution in [0.3, 0.4) is 0 Å². The van der Waals surface area contributed by atoms with Gasteiger partial charge >= 0.3 is 0 Å². The second kappa shape index (κ2) is 6.18. The van der Waals surface area contributed by atoms with E-state index in [1.807, 2.05) is 24.3 Å². The quantitative estimate of drug-likeness (QED) is 0.804. The van der Waals surface area contributed by atoms with E-state index in [1.165, 1.54) is 25.7 Å². The van der Waals surface area contributed by atoms with Gasteiger partial charge in [0.2, 0.25) is 0 Å². The lowest BCUT2D eigenvalue weighted by Crippen LogP contribution is -2.29. The van der Waals surface area contributed by atoms with Gasteiger partial charge in [-0.15, -0.1) is 11.6 Å². The maximum absolute atomic E-state index is 12.7. The molecular formula is C17H21ClN2O. The number of aromatic nitrogens is 2. The molecule has 2 atom stereocenters. The fourth-order valence-electron chi connectivity index (χ4n) is 3.49. The average molecular weight is 305 g/mol. The number of benzene rings is 1. The van der Waals surface area contributed by atoms with Crippen LogP contribution in [0.5, 0.6) is 0 Å². The summed E-state index contributed by atoms with van der Waals surface area (Å²) in [6.07, 6.45) is 4.97. The van der Waals surface area contributed by atoms with Gasteiger partial charge in [-0.1, -0.05) is 31.9 Å². The first-order valence-electron chi connectivity index (χ1n) is 7.73. The van der Waals surface area contributed by atoms with Crippen molar-refractivity contribution < 1.29 is 0 Å². The van der Waals surface area contributed by atoms with Crippen LogP contribution in [0.1, 0.15) is 38.4 Å². The Morgan fingerprint density at radius 1 is 1.33 bits per heavy atom. The van der Waals surface area contributed by atoms with E-state index >= 15 is 0 Å². The first-order chi connectivity index (χ1) is 10.2. The molecule has 1 fully saturated rings. The molecule has 2 aromatic rings. The van der Waals surface area contributed by atoms with Gasteiger partial charge in [0.15, 0.2) is 0 Å². The second-order valence-corrected chi connectivity index (χ2v) is 6.50. The van der Waals surface area contributed by atoms with Crippen molar-refractivity contribution in [2.24, 2.45) is 11.8 Å². The van der Waals surface area contributed by atoms with Crippen LogP contribution >= 0.6 is 11.6 Å². The lowest BCUT2D eigenvalue weighted by molar-refractivity contribution is 0.253. The van der Waals surface area contributed by atoms with Crippen molar-refractivity contribution in [2.75, 3.05) is 0 Å². The molecule has 0 spiro atoms. The number of nitrogens with zero attached hydrogens (tertiary/aromatic N) is 2. The van der Waals surface area contributed by atoms with Crippen molar-refractivity contribution in [2.45, 2.75) is 45.0 Å². The van der Waals surface area contributed by atoms with Crippen LogP contribution in [0, 0.1) is 11.8 Å². The minimum absolute atomic E-state index is 0.0504. The van der Waals surface area contributed by atoms with E-state index in [1.54, 1.807) is 4.57 Å². The predicted molar refractivity (Wildman–Crippen MR) is 86.7 cm³/mol. The van der Waals surface area contributed by atoms with Gasteiger partial charge in [0.25, 0.3) is 5.56 Å². The van der Waals surface area contributed by atoms with Crippen molar-refractivity contribution in [3.8, 4) is 0 Å². The summed E-state index contributed by atoms with van der Waals surface area (Å²) in [6, 6.07) is 7.52. The van der Waals surface area contributed by atoms with Crippen molar-refractivity contribution in [1.82, 2.24) is 9.55 Å². The lowest BCUT2D eigenvalue weighted by atomic mass is 9.82. The highest BCUT2D eigenvalue weighted by Crippen LogP contribution is 2.29. The van der Waals surface area contributed by atoms with Gasteiger partial charge in [-0.25, -0.2) is 4.98 Å². The molecule has 0 saturated heterocycles. The molecule has 1 saturated carbocycles. The van der Waals surface area contributed by atoms with Crippen LogP contribution in [-0.2, 0) is 12.4 Å². The number of rotatable bonds is 3. The Labute approximate surface area is 130 Å². The Bertz CT molecular complexity index is 695. The van der Waals surface area contributed by atoms with E-state index in [4.69, 9.17) is 11.6 Å². The first kappa shape index (κ1) is 14.6. The highest BCUT2D eigenvalue weighted by atomic mass is 35.5. The van der Waals surface area contributed by atoms with E-state index in [-0.39, 0.29) is 11.4 Å². The lowest BCUT2D eigenvalue weighted by Gasteiger charge is -2.27. The topological polar surface area (TPSA) is 34.9 Å². The van der Waals surface area contributed by atoms with Crippen LogP contribution in [-0.4, -0.2) is 9.55 Å². The maximum Gasteiger partial charge on any atom is 0.261 e. The summed E-state index contributed by atoms with van der Waals surface area (Å²) in [5.41, 5.74) is 0.792. The molecule has 3 nitrogen and oxygen atoms in total. The zero-order valence-corrected chi connectivity index (χ0v) is 13.1. The molecule has 112 valence electrons. The van der Waals surface area contributed by atoms with Crippen LogP contribution in [0.4, 0.5) is 0 Å². The molecular weight excluding hydrogens is 284 g/mol. The predicted octanol–water partition coefficient (Wildman–Crippen LogP) is 3.96. The minimum Gasteiger partial charge on any atom is -0.295 e. The van der Waals surface area contributed by atoms with E-state index < -0.39 is 0 Å². The van der Waals surface area contributed by atoms with Gasteiger partial charge in [0, 0.05) is 6.54 Å². The fourth-order valence-corrected chi connectivity index (χ4v) is 3.69. The van der Waals surface area contributed by atoms with Crippen molar-refractivity contribution in [1.29, 1.82) is 0 Å². The first-order valence-corrected chi connectivity index (χ1v) is 8.27. The van der Waals surface area contributed by atoms with Gasteiger partial charge in [0.05, 0.1) is 16.8 Å². The summed E-state index contributed by atoms with van der Waals surface area (Å²) in [5, 5.41) is 0.690. The van der Waals surface area contributed by atoms with E-state index in [0.717, 1.165) is 18.0 Å². The summed E-state index contributed by atoms with van der Waals surface area (Å²) in [6.45, 7) is 3.05. The summed E-state index contributed by atoms with van der Waals surface area (Å²) < 4.78 is 1.80. The van der Waals surface area contributed by atoms with Gasteiger partial charge in [-0.3, -0.25) is 9.36 Å². The molecule has 0 aliphatic heterocycles. The third kappa shape index (κ3) is 2.98. The SMILES string of the molecule is CC1CCCC(Cn2c(CCl)nc3ccccc3c2=O)C1. The van der Waals surface area contributed by atoms with Crippen molar-refractivity contribution in [3.05, 3.63) is 40.4 Å². The fraction of sp³-hybridized carbons (Fsp3) is 0.529. The molecule has 4 heteroatoms. The minimum atomic E-state index is 0.0504. The number of fused-ring (bicyclic) bond motifs is 1. The van der Waals surface area contributed by atoms with E-state index in [2.05, 4.69) is 11.9 Å². The molecule has 1 heterocycles.